The van der Waals surface area contributed by atoms with Crippen molar-refractivity contribution in [3.8, 4) is 16.9 Å². The van der Waals surface area contributed by atoms with Crippen LogP contribution in [0.3, 0.4) is 0 Å². The van der Waals surface area contributed by atoms with Crippen LogP contribution in [0.5, 0.6) is 5.75 Å². The minimum absolute atomic E-state index is 0.0537. The molecule has 0 saturated carbocycles. The second kappa shape index (κ2) is 7.47. The van der Waals surface area contributed by atoms with Gasteiger partial charge in [0.15, 0.2) is 0 Å². The van der Waals surface area contributed by atoms with Crippen molar-refractivity contribution in [3.05, 3.63) is 48.0 Å². The van der Waals surface area contributed by atoms with Crippen molar-refractivity contribution in [3.63, 3.8) is 0 Å². The lowest BCUT2D eigenvalue weighted by Crippen LogP contribution is -2.38. The van der Waals surface area contributed by atoms with Crippen molar-refractivity contribution in [1.29, 1.82) is 0 Å². The molecule has 0 bridgehead atoms. The third kappa shape index (κ3) is 3.46. The molecule has 148 valence electrons. The number of benzene rings is 1. The lowest BCUT2D eigenvalue weighted by atomic mass is 9.82. The number of rotatable bonds is 5. The van der Waals surface area contributed by atoms with Crippen LogP contribution < -0.4 is 10.1 Å². The van der Waals surface area contributed by atoms with Crippen LogP contribution in [0.2, 0.25) is 0 Å². The van der Waals surface area contributed by atoms with Gasteiger partial charge in [-0.3, -0.25) is 0 Å². The van der Waals surface area contributed by atoms with Gasteiger partial charge in [-0.05, 0) is 32.0 Å². The van der Waals surface area contributed by atoms with Crippen LogP contribution in [0, 0.1) is 11.2 Å². The number of nitrogens with one attached hydrogen (secondary N) is 2. The van der Waals surface area contributed by atoms with Crippen LogP contribution >= 0.6 is 0 Å². The van der Waals surface area contributed by atoms with Gasteiger partial charge < -0.3 is 15.0 Å². The molecule has 1 saturated heterocycles. The van der Waals surface area contributed by atoms with E-state index in [0.29, 0.717) is 29.0 Å². The van der Waals surface area contributed by atoms with E-state index in [4.69, 9.17) is 4.74 Å². The molecule has 0 aliphatic carbocycles. The van der Waals surface area contributed by atoms with E-state index >= 15 is 0 Å². The summed E-state index contributed by atoms with van der Waals surface area (Å²) in [4.78, 5) is 7.27. The Morgan fingerprint density at radius 3 is 2.71 bits per heavy atom. The zero-order valence-corrected chi connectivity index (χ0v) is 15.6. The van der Waals surface area contributed by atoms with Gasteiger partial charge >= 0.3 is 0 Å². The third-order valence-electron chi connectivity index (χ3n) is 5.48. The topological polar surface area (TPSA) is 49.9 Å². The predicted molar refractivity (Wildman–Crippen MR) is 102 cm³/mol. The average molecular weight is 389 g/mol. The van der Waals surface area contributed by atoms with Gasteiger partial charge in [0.1, 0.15) is 17.2 Å². The van der Waals surface area contributed by atoms with E-state index in [9.17, 15) is 13.2 Å². The van der Waals surface area contributed by atoms with Gasteiger partial charge in [-0.2, -0.15) is 0 Å². The first kappa shape index (κ1) is 18.8. The van der Waals surface area contributed by atoms with E-state index in [2.05, 4.69) is 22.2 Å². The molecule has 0 amide bonds. The van der Waals surface area contributed by atoms with Gasteiger partial charge in [0, 0.05) is 28.9 Å². The second-order valence-corrected chi connectivity index (χ2v) is 7.59. The molecule has 0 spiro atoms. The molecule has 2 aromatic heterocycles. The van der Waals surface area contributed by atoms with Crippen LogP contribution in [0.15, 0.2) is 36.7 Å². The normalized spacial score (nSPS) is 16.6. The Labute approximate surface area is 161 Å². The van der Waals surface area contributed by atoms with E-state index in [1.807, 2.05) is 0 Å². The zero-order valence-electron chi connectivity index (χ0n) is 15.6. The molecule has 28 heavy (non-hydrogen) atoms. The molecular weight excluding hydrogens is 367 g/mol. The van der Waals surface area contributed by atoms with E-state index in [1.165, 1.54) is 12.1 Å². The molecule has 1 fully saturated rings. The fourth-order valence-corrected chi connectivity index (χ4v) is 3.71. The van der Waals surface area contributed by atoms with E-state index in [1.54, 1.807) is 18.5 Å². The second-order valence-electron chi connectivity index (χ2n) is 7.59. The van der Waals surface area contributed by atoms with Crippen LogP contribution in [0.1, 0.15) is 31.8 Å². The molecule has 2 N–H and O–H groups in total. The summed E-state index contributed by atoms with van der Waals surface area (Å²) < 4.78 is 47.1. The highest BCUT2D eigenvalue weighted by atomic mass is 19.3. The summed E-state index contributed by atoms with van der Waals surface area (Å²) in [6.07, 6.45) is 2.34. The molecule has 0 radical (unpaired) electrons. The summed E-state index contributed by atoms with van der Waals surface area (Å²) in [7, 11) is 0. The number of alkyl halides is 2. The van der Waals surface area contributed by atoms with Crippen molar-refractivity contribution in [2.45, 2.75) is 26.2 Å². The Hall–Kier alpha value is -2.54. The van der Waals surface area contributed by atoms with Gasteiger partial charge in [0.25, 0.3) is 6.43 Å². The molecule has 3 aromatic rings. The quantitative estimate of drug-likeness (QED) is 0.640. The number of aromatic amines is 1. The fraction of sp³-hybridized carbons (Fsp3) is 0.381. The molecule has 1 aliphatic rings. The molecule has 3 heterocycles. The number of fused-ring (bicyclic) bond motifs is 1. The number of H-pyrrole nitrogens is 1. The third-order valence-corrected chi connectivity index (χ3v) is 5.48. The SMILES string of the molecule is CC1(COc2ccnc3[nH]cc(-c4cccc(C(F)F)c4F)c23)CCNCC1. The average Bonchev–Trinajstić information content (AvgIpc) is 3.11. The Morgan fingerprint density at radius 2 is 1.96 bits per heavy atom. The molecule has 0 atom stereocenters. The van der Waals surface area contributed by atoms with Gasteiger partial charge in [-0.1, -0.05) is 25.1 Å². The maximum Gasteiger partial charge on any atom is 0.266 e. The molecule has 7 heteroatoms. The molecule has 4 rings (SSSR count). The van der Waals surface area contributed by atoms with Crippen molar-refractivity contribution in [2.75, 3.05) is 19.7 Å². The summed E-state index contributed by atoms with van der Waals surface area (Å²) in [6.45, 7) is 4.62. The first-order valence-electron chi connectivity index (χ1n) is 9.35. The van der Waals surface area contributed by atoms with Crippen LogP contribution in [0.4, 0.5) is 13.2 Å². The van der Waals surface area contributed by atoms with Gasteiger partial charge in [-0.15, -0.1) is 0 Å². The first-order chi connectivity index (χ1) is 13.5. The minimum atomic E-state index is -2.88. The summed E-state index contributed by atoms with van der Waals surface area (Å²) >= 11 is 0. The Kier molecular flexibility index (Phi) is 5.02. The number of hydrogen-bond acceptors (Lipinski definition) is 3. The van der Waals surface area contributed by atoms with Gasteiger partial charge in [0.05, 0.1) is 17.6 Å². The number of pyridine rings is 1. The van der Waals surface area contributed by atoms with E-state index in [0.717, 1.165) is 32.0 Å². The highest BCUT2D eigenvalue weighted by Crippen LogP contribution is 2.38. The van der Waals surface area contributed by atoms with Crippen LogP contribution in [-0.2, 0) is 0 Å². The highest BCUT2D eigenvalue weighted by Gasteiger charge is 2.28. The standard InChI is InChI=1S/C21H22F3N3O/c1-21(6-9-25-10-7-21)12-28-16-5-8-26-20-17(16)15(11-27-20)13-3-2-4-14(18(13)22)19(23)24/h2-5,8,11,19,25H,6-7,9-10,12H2,1H3,(H,26,27). The summed E-state index contributed by atoms with van der Waals surface area (Å²) in [5.74, 6) is -0.346. The number of piperidine rings is 1. The molecule has 1 aromatic carbocycles. The zero-order chi connectivity index (χ0) is 19.7. The smallest absolute Gasteiger partial charge is 0.266 e. The van der Waals surface area contributed by atoms with Gasteiger partial charge in [-0.25, -0.2) is 18.2 Å². The van der Waals surface area contributed by atoms with E-state index < -0.39 is 17.8 Å². The van der Waals surface area contributed by atoms with Crippen LogP contribution in [-0.4, -0.2) is 29.7 Å². The lowest BCUT2D eigenvalue weighted by Gasteiger charge is -2.33. The Morgan fingerprint density at radius 1 is 1.18 bits per heavy atom. The molecule has 0 unspecified atom stereocenters. The number of hydrogen-bond donors (Lipinski definition) is 2. The number of ether oxygens (including phenoxy) is 1. The Balaban J connectivity index is 1.73. The molecule has 1 aliphatic heterocycles. The lowest BCUT2D eigenvalue weighted by molar-refractivity contribution is 0.124. The predicted octanol–water partition coefficient (Wildman–Crippen LogP) is 5.08. The monoisotopic (exact) mass is 389 g/mol. The number of aromatic nitrogens is 2. The maximum absolute atomic E-state index is 14.7. The fourth-order valence-electron chi connectivity index (χ4n) is 3.71. The van der Waals surface area contributed by atoms with Crippen molar-refractivity contribution >= 4 is 11.0 Å². The van der Waals surface area contributed by atoms with Gasteiger partial charge in [0.2, 0.25) is 0 Å². The summed E-state index contributed by atoms with van der Waals surface area (Å²) in [5.41, 5.74) is 0.548. The van der Waals surface area contributed by atoms with Crippen molar-refractivity contribution in [2.24, 2.45) is 5.41 Å². The van der Waals surface area contributed by atoms with Crippen molar-refractivity contribution < 1.29 is 17.9 Å². The Bertz CT molecular complexity index is 980. The summed E-state index contributed by atoms with van der Waals surface area (Å²) in [5, 5.41) is 3.94. The summed E-state index contributed by atoms with van der Waals surface area (Å²) in [6, 6.07) is 5.77. The van der Waals surface area contributed by atoms with Crippen molar-refractivity contribution in [1.82, 2.24) is 15.3 Å². The largest absolute Gasteiger partial charge is 0.492 e. The number of halogens is 3. The van der Waals surface area contributed by atoms with E-state index in [-0.39, 0.29) is 11.0 Å². The molecule has 4 nitrogen and oxygen atoms in total. The maximum atomic E-state index is 14.7. The first-order valence-corrected chi connectivity index (χ1v) is 9.35. The minimum Gasteiger partial charge on any atom is -0.492 e. The number of nitrogens with zero attached hydrogens (tertiary/aromatic N) is 1. The highest BCUT2D eigenvalue weighted by molar-refractivity contribution is 5.98. The van der Waals surface area contributed by atoms with Crippen LogP contribution in [0.25, 0.3) is 22.2 Å². The molecular formula is C21H22F3N3O.